The van der Waals surface area contributed by atoms with E-state index in [1.54, 1.807) is 6.07 Å². The van der Waals surface area contributed by atoms with Gasteiger partial charge < -0.3 is 5.73 Å². The number of likely N-dealkylation sites (tertiary alicyclic amines) is 1. The van der Waals surface area contributed by atoms with Crippen LogP contribution in [0.5, 0.6) is 0 Å². The molecule has 0 radical (unpaired) electrons. The maximum atomic E-state index is 13.3. The zero-order valence-corrected chi connectivity index (χ0v) is 11.3. The molecule has 1 aromatic carbocycles. The van der Waals surface area contributed by atoms with E-state index in [4.69, 9.17) is 11.0 Å². The Morgan fingerprint density at radius 3 is 3.05 bits per heavy atom. The fourth-order valence-electron chi connectivity index (χ4n) is 2.71. The van der Waals surface area contributed by atoms with E-state index in [-0.39, 0.29) is 11.9 Å². The van der Waals surface area contributed by atoms with Crippen LogP contribution in [0.3, 0.4) is 0 Å². The standard InChI is InChI=1S/C15H20FN3/c1-11(18)13-3-2-6-19(9-13)10-14-7-15(16)5-4-12(14)8-17/h4-5,7,11,13H,2-3,6,9-10,18H2,1H3. The third kappa shape index (κ3) is 3.52. The van der Waals surface area contributed by atoms with Crippen molar-refractivity contribution in [1.82, 2.24) is 4.90 Å². The summed E-state index contributed by atoms with van der Waals surface area (Å²) in [7, 11) is 0. The van der Waals surface area contributed by atoms with Gasteiger partial charge in [-0.25, -0.2) is 4.39 Å². The van der Waals surface area contributed by atoms with E-state index in [1.165, 1.54) is 12.1 Å². The predicted octanol–water partition coefficient (Wildman–Crippen LogP) is 2.26. The maximum absolute atomic E-state index is 13.3. The molecule has 1 aromatic rings. The van der Waals surface area contributed by atoms with Gasteiger partial charge in [-0.1, -0.05) is 0 Å². The highest BCUT2D eigenvalue weighted by atomic mass is 19.1. The van der Waals surface area contributed by atoms with Gasteiger partial charge in [0, 0.05) is 19.1 Å². The van der Waals surface area contributed by atoms with Gasteiger partial charge >= 0.3 is 0 Å². The molecule has 0 aliphatic carbocycles. The zero-order valence-electron chi connectivity index (χ0n) is 11.3. The smallest absolute Gasteiger partial charge is 0.123 e. The van der Waals surface area contributed by atoms with Crippen molar-refractivity contribution in [3.63, 3.8) is 0 Å². The largest absolute Gasteiger partial charge is 0.328 e. The Morgan fingerprint density at radius 1 is 1.58 bits per heavy atom. The first-order chi connectivity index (χ1) is 9.10. The van der Waals surface area contributed by atoms with Crippen LogP contribution >= 0.6 is 0 Å². The SMILES string of the molecule is CC(N)C1CCCN(Cc2cc(F)ccc2C#N)C1. The van der Waals surface area contributed by atoms with Crippen LogP contribution in [0.2, 0.25) is 0 Å². The van der Waals surface area contributed by atoms with Crippen molar-refractivity contribution in [3.05, 3.63) is 35.1 Å². The molecule has 0 bridgehead atoms. The van der Waals surface area contributed by atoms with E-state index in [9.17, 15) is 4.39 Å². The lowest BCUT2D eigenvalue weighted by atomic mass is 9.92. The summed E-state index contributed by atoms with van der Waals surface area (Å²) in [6.45, 7) is 4.59. The molecular formula is C15H20FN3. The summed E-state index contributed by atoms with van der Waals surface area (Å²) in [6.07, 6.45) is 2.27. The van der Waals surface area contributed by atoms with Crippen molar-refractivity contribution in [3.8, 4) is 6.07 Å². The Labute approximate surface area is 113 Å². The quantitative estimate of drug-likeness (QED) is 0.908. The molecule has 1 aliphatic heterocycles. The fourth-order valence-corrected chi connectivity index (χ4v) is 2.71. The first kappa shape index (κ1) is 14.0. The highest BCUT2D eigenvalue weighted by Gasteiger charge is 2.23. The third-order valence-corrected chi connectivity index (χ3v) is 3.87. The van der Waals surface area contributed by atoms with E-state index in [1.807, 2.05) is 6.92 Å². The summed E-state index contributed by atoms with van der Waals surface area (Å²) in [4.78, 5) is 2.27. The van der Waals surface area contributed by atoms with Crippen LogP contribution in [0.25, 0.3) is 0 Å². The van der Waals surface area contributed by atoms with Crippen molar-refractivity contribution in [2.45, 2.75) is 32.4 Å². The average Bonchev–Trinajstić information content (AvgIpc) is 2.39. The topological polar surface area (TPSA) is 53.0 Å². The van der Waals surface area contributed by atoms with Crippen LogP contribution in [0.15, 0.2) is 18.2 Å². The highest BCUT2D eigenvalue weighted by Crippen LogP contribution is 2.21. The molecule has 102 valence electrons. The van der Waals surface area contributed by atoms with E-state index < -0.39 is 0 Å². The second-order valence-corrected chi connectivity index (χ2v) is 5.41. The number of hydrogen-bond acceptors (Lipinski definition) is 3. The second-order valence-electron chi connectivity index (χ2n) is 5.41. The Balaban J connectivity index is 2.09. The van der Waals surface area contributed by atoms with E-state index >= 15 is 0 Å². The number of nitrogens with zero attached hydrogens (tertiary/aromatic N) is 2. The van der Waals surface area contributed by atoms with Gasteiger partial charge in [0.1, 0.15) is 5.82 Å². The molecule has 1 saturated heterocycles. The third-order valence-electron chi connectivity index (χ3n) is 3.87. The molecule has 1 aliphatic rings. The van der Waals surface area contributed by atoms with E-state index in [0.29, 0.717) is 18.0 Å². The summed E-state index contributed by atoms with van der Waals surface area (Å²) in [5, 5.41) is 9.07. The van der Waals surface area contributed by atoms with Gasteiger partial charge in [0.2, 0.25) is 0 Å². The number of piperidine rings is 1. The van der Waals surface area contributed by atoms with Crippen molar-refractivity contribution in [1.29, 1.82) is 5.26 Å². The lowest BCUT2D eigenvalue weighted by Crippen LogP contribution is -2.42. The van der Waals surface area contributed by atoms with E-state index in [0.717, 1.165) is 31.5 Å². The number of halogens is 1. The summed E-state index contributed by atoms with van der Waals surface area (Å²) in [5.41, 5.74) is 7.29. The first-order valence-electron chi connectivity index (χ1n) is 6.76. The molecule has 19 heavy (non-hydrogen) atoms. The number of benzene rings is 1. The second kappa shape index (κ2) is 6.14. The number of rotatable bonds is 3. The molecule has 0 spiro atoms. The highest BCUT2D eigenvalue weighted by molar-refractivity contribution is 5.37. The first-order valence-corrected chi connectivity index (χ1v) is 6.76. The molecule has 4 heteroatoms. The minimum atomic E-state index is -0.283. The molecule has 0 saturated carbocycles. The predicted molar refractivity (Wildman–Crippen MR) is 72.8 cm³/mol. The lowest BCUT2D eigenvalue weighted by molar-refractivity contribution is 0.154. The van der Waals surface area contributed by atoms with Crippen LogP contribution < -0.4 is 5.73 Å². The molecule has 3 nitrogen and oxygen atoms in total. The maximum Gasteiger partial charge on any atom is 0.123 e. The summed E-state index contributed by atoms with van der Waals surface area (Å²) < 4.78 is 13.3. The van der Waals surface area contributed by atoms with Gasteiger partial charge in [-0.3, -0.25) is 4.90 Å². The van der Waals surface area contributed by atoms with Crippen LogP contribution in [0, 0.1) is 23.1 Å². The van der Waals surface area contributed by atoms with Gasteiger partial charge in [-0.15, -0.1) is 0 Å². The lowest BCUT2D eigenvalue weighted by Gasteiger charge is -2.34. The molecule has 0 amide bonds. The Kier molecular flexibility index (Phi) is 4.52. The van der Waals surface area contributed by atoms with Gasteiger partial charge in [0.15, 0.2) is 0 Å². The Hall–Kier alpha value is -1.44. The van der Waals surface area contributed by atoms with Crippen LogP contribution in [0.1, 0.15) is 30.9 Å². The van der Waals surface area contributed by atoms with Crippen LogP contribution in [-0.4, -0.2) is 24.0 Å². The summed E-state index contributed by atoms with van der Waals surface area (Å²) >= 11 is 0. The van der Waals surface area contributed by atoms with Gasteiger partial charge in [0.05, 0.1) is 11.6 Å². The van der Waals surface area contributed by atoms with Crippen molar-refractivity contribution >= 4 is 0 Å². The van der Waals surface area contributed by atoms with Crippen LogP contribution in [0.4, 0.5) is 4.39 Å². The number of nitriles is 1. The summed E-state index contributed by atoms with van der Waals surface area (Å²) in [5.74, 6) is 0.211. The molecule has 2 rings (SSSR count). The summed E-state index contributed by atoms with van der Waals surface area (Å²) in [6, 6.07) is 6.67. The van der Waals surface area contributed by atoms with Crippen molar-refractivity contribution < 1.29 is 4.39 Å². The van der Waals surface area contributed by atoms with Gasteiger partial charge in [-0.05, 0) is 56.0 Å². The minimum absolute atomic E-state index is 0.186. The molecule has 2 unspecified atom stereocenters. The Bertz CT molecular complexity index is 479. The molecular weight excluding hydrogens is 241 g/mol. The van der Waals surface area contributed by atoms with Crippen LogP contribution in [-0.2, 0) is 6.54 Å². The average molecular weight is 261 g/mol. The minimum Gasteiger partial charge on any atom is -0.328 e. The van der Waals surface area contributed by atoms with Crippen molar-refractivity contribution in [2.24, 2.45) is 11.7 Å². The molecule has 1 heterocycles. The molecule has 2 N–H and O–H groups in total. The Morgan fingerprint density at radius 2 is 2.37 bits per heavy atom. The number of hydrogen-bond donors (Lipinski definition) is 1. The zero-order chi connectivity index (χ0) is 13.8. The van der Waals surface area contributed by atoms with E-state index in [2.05, 4.69) is 11.0 Å². The van der Waals surface area contributed by atoms with Crippen molar-refractivity contribution in [2.75, 3.05) is 13.1 Å². The number of nitrogens with two attached hydrogens (primary N) is 1. The molecule has 2 atom stereocenters. The molecule has 1 fully saturated rings. The monoisotopic (exact) mass is 261 g/mol. The molecule has 0 aromatic heterocycles. The fraction of sp³-hybridized carbons (Fsp3) is 0.533. The normalized spacial score (nSPS) is 21.9. The van der Waals surface area contributed by atoms with Gasteiger partial charge in [0.25, 0.3) is 0 Å². The van der Waals surface area contributed by atoms with Gasteiger partial charge in [-0.2, -0.15) is 5.26 Å².